The van der Waals surface area contributed by atoms with Crippen molar-refractivity contribution in [1.82, 2.24) is 9.80 Å². The molecular weight excluding hydrogens is 208 g/mol. The molecular formula is C11H20N2O3. The monoisotopic (exact) mass is 228 g/mol. The molecule has 0 aromatic heterocycles. The number of aliphatic carboxylic acids is 1. The number of rotatable bonds is 4. The van der Waals surface area contributed by atoms with Crippen LogP contribution in [0.2, 0.25) is 0 Å². The van der Waals surface area contributed by atoms with Crippen molar-refractivity contribution >= 4 is 5.97 Å². The highest BCUT2D eigenvalue weighted by molar-refractivity contribution is 5.71. The van der Waals surface area contributed by atoms with Crippen molar-refractivity contribution in [2.45, 2.75) is 13.0 Å². The third-order valence-corrected chi connectivity index (χ3v) is 3.44. The first-order valence-corrected chi connectivity index (χ1v) is 5.98. The Bertz CT molecular complexity index is 254. The molecule has 0 bridgehead atoms. The lowest BCUT2D eigenvalue weighted by molar-refractivity contribution is -0.149. The summed E-state index contributed by atoms with van der Waals surface area (Å²) in [6, 6.07) is 0. The van der Waals surface area contributed by atoms with Gasteiger partial charge in [0.25, 0.3) is 0 Å². The molecule has 2 saturated heterocycles. The van der Waals surface area contributed by atoms with E-state index in [1.165, 1.54) is 0 Å². The fourth-order valence-corrected chi connectivity index (χ4v) is 2.34. The lowest BCUT2D eigenvalue weighted by Crippen LogP contribution is -2.55. The van der Waals surface area contributed by atoms with E-state index < -0.39 is 5.97 Å². The second-order valence-electron chi connectivity index (χ2n) is 4.64. The quantitative estimate of drug-likeness (QED) is 0.717. The number of carboxylic acids is 1. The van der Waals surface area contributed by atoms with Crippen molar-refractivity contribution in [3.63, 3.8) is 0 Å². The molecule has 0 aliphatic carbocycles. The van der Waals surface area contributed by atoms with E-state index in [4.69, 9.17) is 9.84 Å². The summed E-state index contributed by atoms with van der Waals surface area (Å²) in [5.41, 5.74) is 0. The molecule has 1 unspecified atom stereocenters. The molecule has 2 rings (SSSR count). The van der Waals surface area contributed by atoms with Gasteiger partial charge in [0.05, 0.1) is 18.6 Å². The number of carbonyl (C=O) groups is 1. The molecule has 1 N–H and O–H groups in total. The van der Waals surface area contributed by atoms with Crippen LogP contribution in [0.4, 0.5) is 0 Å². The van der Waals surface area contributed by atoms with E-state index in [-0.39, 0.29) is 12.0 Å². The Hall–Kier alpha value is -0.650. The number of likely N-dealkylation sites (tertiary alicyclic amines) is 1. The van der Waals surface area contributed by atoms with E-state index in [9.17, 15) is 4.79 Å². The maximum Gasteiger partial charge on any atom is 0.309 e. The van der Waals surface area contributed by atoms with Crippen LogP contribution >= 0.6 is 0 Å². The Labute approximate surface area is 96.0 Å². The SMILES string of the molecule is CCN1CCOC(CN2CC(C(=O)O)C2)C1. The van der Waals surface area contributed by atoms with Crippen LogP contribution in [0.3, 0.4) is 0 Å². The minimum absolute atomic E-state index is 0.161. The Morgan fingerprint density at radius 1 is 1.38 bits per heavy atom. The van der Waals surface area contributed by atoms with Crippen molar-refractivity contribution < 1.29 is 14.6 Å². The second kappa shape index (κ2) is 5.12. The first-order valence-electron chi connectivity index (χ1n) is 5.98. The molecule has 1 atom stereocenters. The average Bonchev–Trinajstić information content (AvgIpc) is 2.22. The maximum absolute atomic E-state index is 10.7. The molecule has 5 heteroatoms. The predicted molar refractivity (Wildman–Crippen MR) is 59.4 cm³/mol. The smallest absolute Gasteiger partial charge is 0.309 e. The summed E-state index contributed by atoms with van der Waals surface area (Å²) in [5, 5.41) is 8.77. The van der Waals surface area contributed by atoms with Crippen molar-refractivity contribution in [2.75, 3.05) is 45.9 Å². The van der Waals surface area contributed by atoms with E-state index >= 15 is 0 Å². The summed E-state index contributed by atoms with van der Waals surface area (Å²) >= 11 is 0. The summed E-state index contributed by atoms with van der Waals surface area (Å²) in [6.45, 7) is 8.26. The Balaban J connectivity index is 1.69. The van der Waals surface area contributed by atoms with Crippen LogP contribution in [0.15, 0.2) is 0 Å². The van der Waals surface area contributed by atoms with Crippen LogP contribution in [-0.4, -0.2) is 72.9 Å². The van der Waals surface area contributed by atoms with Crippen LogP contribution in [-0.2, 0) is 9.53 Å². The van der Waals surface area contributed by atoms with Gasteiger partial charge in [-0.05, 0) is 6.54 Å². The molecule has 0 spiro atoms. The van der Waals surface area contributed by atoms with Gasteiger partial charge in [-0.3, -0.25) is 14.6 Å². The predicted octanol–water partition coefficient (Wildman–Crippen LogP) is -0.276. The lowest BCUT2D eigenvalue weighted by atomic mass is 10.00. The van der Waals surface area contributed by atoms with E-state index in [2.05, 4.69) is 16.7 Å². The van der Waals surface area contributed by atoms with E-state index in [0.29, 0.717) is 13.1 Å². The molecule has 0 aromatic carbocycles. The highest BCUT2D eigenvalue weighted by Gasteiger charge is 2.34. The Morgan fingerprint density at radius 2 is 2.12 bits per heavy atom. The van der Waals surface area contributed by atoms with Gasteiger partial charge in [0.2, 0.25) is 0 Å². The molecule has 2 aliphatic heterocycles. The summed E-state index contributed by atoms with van der Waals surface area (Å²) in [4.78, 5) is 15.2. The minimum atomic E-state index is -0.670. The minimum Gasteiger partial charge on any atom is -0.481 e. The number of morpholine rings is 1. The molecule has 0 aromatic rings. The van der Waals surface area contributed by atoms with Crippen LogP contribution in [0.5, 0.6) is 0 Å². The normalized spacial score (nSPS) is 28.9. The van der Waals surface area contributed by atoms with Gasteiger partial charge < -0.3 is 9.84 Å². The van der Waals surface area contributed by atoms with E-state index in [0.717, 1.165) is 32.8 Å². The molecule has 2 aliphatic rings. The lowest BCUT2D eigenvalue weighted by Gasteiger charge is -2.41. The van der Waals surface area contributed by atoms with Crippen molar-refractivity contribution in [3.8, 4) is 0 Å². The zero-order valence-electron chi connectivity index (χ0n) is 9.76. The van der Waals surface area contributed by atoms with Gasteiger partial charge in [-0.25, -0.2) is 0 Å². The molecule has 5 nitrogen and oxygen atoms in total. The van der Waals surface area contributed by atoms with Gasteiger partial charge in [0.1, 0.15) is 0 Å². The molecule has 16 heavy (non-hydrogen) atoms. The van der Waals surface area contributed by atoms with Crippen LogP contribution in [0.25, 0.3) is 0 Å². The molecule has 0 saturated carbocycles. The number of hydrogen-bond acceptors (Lipinski definition) is 4. The third kappa shape index (κ3) is 2.72. The zero-order valence-corrected chi connectivity index (χ0v) is 9.76. The second-order valence-corrected chi connectivity index (χ2v) is 4.64. The van der Waals surface area contributed by atoms with Crippen LogP contribution in [0, 0.1) is 5.92 Å². The molecule has 0 amide bonds. The fourth-order valence-electron chi connectivity index (χ4n) is 2.34. The molecule has 92 valence electrons. The van der Waals surface area contributed by atoms with Crippen LogP contribution in [0.1, 0.15) is 6.92 Å². The van der Waals surface area contributed by atoms with E-state index in [1.807, 2.05) is 0 Å². The van der Waals surface area contributed by atoms with Gasteiger partial charge in [0.15, 0.2) is 0 Å². The molecule has 2 heterocycles. The largest absolute Gasteiger partial charge is 0.481 e. The van der Waals surface area contributed by atoms with Gasteiger partial charge in [-0.1, -0.05) is 6.92 Å². The van der Waals surface area contributed by atoms with Crippen LogP contribution < -0.4 is 0 Å². The maximum atomic E-state index is 10.7. The van der Waals surface area contributed by atoms with Crippen molar-refractivity contribution in [1.29, 1.82) is 0 Å². The van der Waals surface area contributed by atoms with Gasteiger partial charge >= 0.3 is 5.97 Å². The van der Waals surface area contributed by atoms with E-state index in [1.54, 1.807) is 0 Å². The summed E-state index contributed by atoms with van der Waals surface area (Å²) in [6.07, 6.45) is 0.253. The summed E-state index contributed by atoms with van der Waals surface area (Å²) < 4.78 is 5.68. The fraction of sp³-hybridized carbons (Fsp3) is 0.909. The first-order chi connectivity index (χ1) is 7.69. The molecule has 2 fully saturated rings. The Kier molecular flexibility index (Phi) is 3.78. The first kappa shape index (κ1) is 11.8. The number of likely N-dealkylation sites (N-methyl/N-ethyl adjacent to an activating group) is 1. The Morgan fingerprint density at radius 3 is 2.75 bits per heavy atom. The number of carboxylic acid groups (broad SMARTS) is 1. The van der Waals surface area contributed by atoms with Gasteiger partial charge in [-0.15, -0.1) is 0 Å². The summed E-state index contributed by atoms with van der Waals surface area (Å²) in [7, 11) is 0. The molecule has 0 radical (unpaired) electrons. The number of ether oxygens (including phenoxy) is 1. The standard InChI is InChI=1S/C11H20N2O3/c1-2-12-3-4-16-10(7-12)8-13-5-9(6-13)11(14)15/h9-10H,2-8H2,1H3,(H,14,15). The van der Waals surface area contributed by atoms with Crippen molar-refractivity contribution in [2.24, 2.45) is 5.92 Å². The highest BCUT2D eigenvalue weighted by Crippen LogP contribution is 2.17. The average molecular weight is 228 g/mol. The number of hydrogen-bond donors (Lipinski definition) is 1. The van der Waals surface area contributed by atoms with Gasteiger partial charge in [-0.2, -0.15) is 0 Å². The topological polar surface area (TPSA) is 53.0 Å². The van der Waals surface area contributed by atoms with Crippen molar-refractivity contribution in [3.05, 3.63) is 0 Å². The van der Waals surface area contributed by atoms with Gasteiger partial charge in [0, 0.05) is 32.7 Å². The third-order valence-electron chi connectivity index (χ3n) is 3.44. The zero-order chi connectivity index (χ0) is 11.5. The number of nitrogens with zero attached hydrogens (tertiary/aromatic N) is 2. The summed E-state index contributed by atoms with van der Waals surface area (Å²) in [5.74, 6) is -0.832. The highest BCUT2D eigenvalue weighted by atomic mass is 16.5.